The third kappa shape index (κ3) is 16.6. The Morgan fingerprint density at radius 3 is 1.72 bits per heavy atom. The van der Waals surface area contributed by atoms with Crippen LogP contribution in [-0.2, 0) is 0 Å². The number of rotatable bonds is 28. The smallest absolute Gasteiger partial charge is 0.203 e. The second-order valence-corrected chi connectivity index (χ2v) is 13.4. The summed E-state index contributed by atoms with van der Waals surface area (Å²) in [5, 5.41) is 7.28. The molecule has 0 unspecified atom stereocenters. The van der Waals surface area contributed by atoms with Gasteiger partial charge >= 0.3 is 0 Å². The summed E-state index contributed by atoms with van der Waals surface area (Å²) < 4.78 is 12.5. The van der Waals surface area contributed by atoms with Gasteiger partial charge in [0.05, 0.1) is 25.1 Å². The second-order valence-electron chi connectivity index (χ2n) is 12.5. The zero-order valence-corrected chi connectivity index (χ0v) is 29.8. The molecule has 1 aromatic heterocycles. The number of hydrogen-bond acceptors (Lipinski definition) is 6. The Hall–Kier alpha value is -2.86. The van der Waals surface area contributed by atoms with Gasteiger partial charge in [0, 0.05) is 10.9 Å². The topological polar surface area (TPSA) is 55.7 Å². The second kappa shape index (κ2) is 25.3. The Morgan fingerprint density at radius 2 is 1.15 bits per heavy atom. The molecule has 0 bridgehead atoms. The van der Waals surface area contributed by atoms with Gasteiger partial charge in [-0.1, -0.05) is 160 Å². The first-order valence-corrected chi connectivity index (χ1v) is 19.4. The number of anilines is 1. The van der Waals surface area contributed by atoms with Crippen LogP contribution in [0.2, 0.25) is 0 Å². The fourth-order valence-electron chi connectivity index (χ4n) is 5.61. The van der Waals surface area contributed by atoms with Crippen LogP contribution >= 0.6 is 11.3 Å². The van der Waals surface area contributed by atoms with Crippen LogP contribution in [0.5, 0.6) is 11.5 Å². The predicted molar refractivity (Wildman–Crippen MR) is 200 cm³/mol. The zero-order chi connectivity index (χ0) is 32.3. The fourth-order valence-corrected chi connectivity index (χ4v) is 6.28. The summed E-state index contributed by atoms with van der Waals surface area (Å²) in [6.07, 6.45) is 28.2. The molecule has 3 rings (SSSR count). The predicted octanol–water partition coefficient (Wildman–Crippen LogP) is 12.9. The molecule has 5 nitrogen and oxygen atoms in total. The molecule has 0 saturated carbocycles. The van der Waals surface area contributed by atoms with Crippen molar-refractivity contribution < 1.29 is 9.47 Å². The van der Waals surface area contributed by atoms with Gasteiger partial charge in [0.15, 0.2) is 11.5 Å². The quantitative estimate of drug-likeness (QED) is 0.0484. The Balaban J connectivity index is 1.43. The van der Waals surface area contributed by atoms with Gasteiger partial charge in [-0.25, -0.2) is 4.98 Å². The molecule has 0 atom stereocenters. The van der Waals surface area contributed by atoms with Crippen molar-refractivity contribution in [2.45, 2.75) is 142 Å². The van der Waals surface area contributed by atoms with Crippen molar-refractivity contribution in [2.24, 2.45) is 5.10 Å². The summed E-state index contributed by atoms with van der Waals surface area (Å²) in [7, 11) is 0. The first kappa shape index (κ1) is 37.6. The lowest BCUT2D eigenvalue weighted by atomic mass is 10.1. The Bertz CT molecular complexity index is 1180. The molecule has 0 aliphatic heterocycles. The maximum Gasteiger partial charge on any atom is 0.203 e. The van der Waals surface area contributed by atoms with Crippen LogP contribution < -0.4 is 14.9 Å². The number of nitrogens with zero attached hydrogens (tertiary/aromatic N) is 2. The first-order valence-electron chi connectivity index (χ1n) is 18.5. The highest BCUT2D eigenvalue weighted by atomic mass is 32.1. The van der Waals surface area contributed by atoms with E-state index in [9.17, 15) is 0 Å². The average molecular weight is 648 g/mol. The van der Waals surface area contributed by atoms with Crippen molar-refractivity contribution in [3.05, 3.63) is 59.5 Å². The minimum atomic E-state index is 0.714. The number of unbranched alkanes of at least 4 members (excludes halogenated alkanes) is 18. The Kier molecular flexibility index (Phi) is 20.6. The highest BCUT2D eigenvalue weighted by Gasteiger charge is 2.08. The van der Waals surface area contributed by atoms with Gasteiger partial charge in [-0.2, -0.15) is 5.10 Å². The van der Waals surface area contributed by atoms with E-state index >= 15 is 0 Å². The van der Waals surface area contributed by atoms with E-state index in [0.717, 1.165) is 52.9 Å². The molecular weight excluding hydrogens is 587 g/mol. The third-order valence-corrected chi connectivity index (χ3v) is 9.17. The molecule has 0 aliphatic rings. The molecule has 0 spiro atoms. The maximum atomic E-state index is 6.30. The highest BCUT2D eigenvalue weighted by Crippen LogP contribution is 2.29. The molecule has 3 aromatic rings. The number of hydrogen-bond donors (Lipinski definition) is 1. The lowest BCUT2D eigenvalue weighted by Crippen LogP contribution is -2.03. The molecule has 46 heavy (non-hydrogen) atoms. The number of ether oxygens (including phenoxy) is 2. The molecule has 2 aromatic carbocycles. The SMILES string of the molecule is CCCCCCCCCCCCOc1ccc(C=NNc2nc(-c3ccccc3)cs2)cc1OCCCCCCCCCCCC. The van der Waals surface area contributed by atoms with Crippen LogP contribution in [0.1, 0.15) is 148 Å². The van der Waals surface area contributed by atoms with Crippen LogP contribution in [0.25, 0.3) is 11.3 Å². The standard InChI is InChI=1S/C40H61N3O2S/c1-3-5-7-9-11-13-15-17-19-24-30-44-38-29-28-35(32-39(38)45-31-25-20-18-16-14-12-10-8-6-4-2)33-41-43-40-42-37(34-46-40)36-26-22-21-23-27-36/h21-23,26-29,32-34H,3-20,24-25,30-31H2,1-2H3,(H,42,43). The average Bonchev–Trinajstić information content (AvgIpc) is 3.56. The number of nitrogens with one attached hydrogen (secondary N) is 1. The van der Waals surface area contributed by atoms with Crippen molar-refractivity contribution in [2.75, 3.05) is 18.6 Å². The molecule has 0 saturated heterocycles. The molecule has 0 amide bonds. The molecule has 254 valence electrons. The van der Waals surface area contributed by atoms with Gasteiger partial charge in [-0.05, 0) is 36.6 Å². The largest absolute Gasteiger partial charge is 0.490 e. The molecule has 0 aliphatic carbocycles. The lowest BCUT2D eigenvalue weighted by molar-refractivity contribution is 0.258. The van der Waals surface area contributed by atoms with Gasteiger partial charge in [0.2, 0.25) is 5.13 Å². The van der Waals surface area contributed by atoms with Gasteiger partial charge in [-0.15, -0.1) is 11.3 Å². The van der Waals surface area contributed by atoms with Crippen LogP contribution in [0.4, 0.5) is 5.13 Å². The van der Waals surface area contributed by atoms with Gasteiger partial charge < -0.3 is 9.47 Å². The van der Waals surface area contributed by atoms with E-state index in [1.54, 1.807) is 11.3 Å². The van der Waals surface area contributed by atoms with E-state index < -0.39 is 0 Å². The van der Waals surface area contributed by atoms with Gasteiger partial charge in [0.1, 0.15) is 0 Å². The molecule has 1 N–H and O–H groups in total. The zero-order valence-electron chi connectivity index (χ0n) is 28.9. The van der Waals surface area contributed by atoms with E-state index in [0.29, 0.717) is 6.61 Å². The fraction of sp³-hybridized carbons (Fsp3) is 0.600. The van der Waals surface area contributed by atoms with Crippen LogP contribution in [0, 0.1) is 0 Å². The van der Waals surface area contributed by atoms with E-state index in [1.165, 1.54) is 116 Å². The van der Waals surface area contributed by atoms with Crippen LogP contribution in [-0.4, -0.2) is 24.4 Å². The Morgan fingerprint density at radius 1 is 0.630 bits per heavy atom. The minimum Gasteiger partial charge on any atom is -0.490 e. The van der Waals surface area contributed by atoms with Crippen molar-refractivity contribution >= 4 is 22.7 Å². The number of hydrazone groups is 1. The third-order valence-electron chi connectivity index (χ3n) is 8.43. The summed E-state index contributed by atoms with van der Waals surface area (Å²) in [6.45, 7) is 6.00. The van der Waals surface area contributed by atoms with Gasteiger partial charge in [-0.3, -0.25) is 5.43 Å². The number of aromatic nitrogens is 1. The van der Waals surface area contributed by atoms with Gasteiger partial charge in [0.25, 0.3) is 0 Å². The van der Waals surface area contributed by atoms with Crippen LogP contribution in [0.15, 0.2) is 59.0 Å². The molecule has 6 heteroatoms. The number of benzene rings is 2. The Labute approximate surface area is 284 Å². The van der Waals surface area contributed by atoms with E-state index in [-0.39, 0.29) is 0 Å². The van der Waals surface area contributed by atoms with E-state index in [2.05, 4.69) is 41.5 Å². The van der Waals surface area contributed by atoms with E-state index in [1.807, 2.05) is 48.0 Å². The van der Waals surface area contributed by atoms with E-state index in [4.69, 9.17) is 9.47 Å². The summed E-state index contributed by atoms with van der Waals surface area (Å²) in [4.78, 5) is 4.67. The minimum absolute atomic E-state index is 0.714. The molecular formula is C40H61N3O2S. The van der Waals surface area contributed by atoms with Crippen molar-refractivity contribution in [1.29, 1.82) is 0 Å². The monoisotopic (exact) mass is 647 g/mol. The highest BCUT2D eigenvalue weighted by molar-refractivity contribution is 7.14. The van der Waals surface area contributed by atoms with Crippen molar-refractivity contribution in [3.63, 3.8) is 0 Å². The van der Waals surface area contributed by atoms with Crippen LogP contribution in [0.3, 0.4) is 0 Å². The normalized spacial score (nSPS) is 11.3. The molecule has 1 heterocycles. The summed E-state index contributed by atoms with van der Waals surface area (Å²) in [6, 6.07) is 16.3. The summed E-state index contributed by atoms with van der Waals surface area (Å²) in [5.41, 5.74) is 6.12. The summed E-state index contributed by atoms with van der Waals surface area (Å²) in [5.74, 6) is 1.65. The van der Waals surface area contributed by atoms with Crippen molar-refractivity contribution in [3.8, 4) is 22.8 Å². The molecule has 0 fully saturated rings. The van der Waals surface area contributed by atoms with Crippen molar-refractivity contribution in [1.82, 2.24) is 4.98 Å². The summed E-state index contributed by atoms with van der Waals surface area (Å²) >= 11 is 1.55. The maximum absolute atomic E-state index is 6.30. The first-order chi connectivity index (χ1) is 22.8. The lowest BCUT2D eigenvalue weighted by Gasteiger charge is -2.14. The molecule has 0 radical (unpaired) electrons. The number of thiazole rings is 1.